The van der Waals surface area contributed by atoms with Crippen LogP contribution < -0.4 is 9.64 Å². The molecule has 0 aromatic heterocycles. The maximum atomic E-state index is 13.5. The van der Waals surface area contributed by atoms with Gasteiger partial charge in [-0.05, 0) is 48.4 Å². The number of amides is 1. The van der Waals surface area contributed by atoms with E-state index in [1.165, 1.54) is 30.2 Å². The van der Waals surface area contributed by atoms with Crippen LogP contribution in [-0.4, -0.2) is 28.8 Å². The number of anilines is 1. The predicted molar refractivity (Wildman–Crippen MR) is 126 cm³/mol. The quantitative estimate of drug-likeness (QED) is 0.301. The number of aryl methyl sites for hydroxylation is 1. The molecule has 0 radical (unpaired) electrons. The minimum atomic E-state index is -2.17. The fourth-order valence-electron chi connectivity index (χ4n) is 4.15. The summed E-state index contributed by atoms with van der Waals surface area (Å²) in [5, 5.41) is 23.2. The SMILES string of the molecule is COc1ccc(C(=O)CC2(O)C(=O)N(Cc3ccccc3C)c3ccc(Cl)cc32)cc1[N+](=O)[O-]. The van der Waals surface area contributed by atoms with Crippen molar-refractivity contribution in [3.05, 3.63) is 98.1 Å². The molecule has 9 heteroatoms. The van der Waals surface area contributed by atoms with Crippen LogP contribution in [0.25, 0.3) is 0 Å². The third kappa shape index (κ3) is 4.02. The monoisotopic (exact) mass is 480 g/mol. The van der Waals surface area contributed by atoms with Crippen molar-refractivity contribution in [2.24, 2.45) is 0 Å². The highest BCUT2D eigenvalue weighted by molar-refractivity contribution is 6.31. The number of fused-ring (bicyclic) bond motifs is 1. The number of nitro benzene ring substituents is 1. The number of hydrogen-bond acceptors (Lipinski definition) is 6. The van der Waals surface area contributed by atoms with Gasteiger partial charge in [0.05, 0.1) is 30.7 Å². The maximum absolute atomic E-state index is 13.5. The molecule has 174 valence electrons. The van der Waals surface area contributed by atoms with E-state index in [0.29, 0.717) is 10.7 Å². The first-order valence-corrected chi connectivity index (χ1v) is 10.8. The molecule has 4 rings (SSSR count). The number of benzene rings is 3. The minimum absolute atomic E-state index is 0.00117. The van der Waals surface area contributed by atoms with Crippen LogP contribution in [0.2, 0.25) is 5.02 Å². The second kappa shape index (κ2) is 8.89. The summed E-state index contributed by atoms with van der Waals surface area (Å²) in [5.74, 6) is -1.30. The second-order valence-corrected chi connectivity index (χ2v) is 8.52. The molecule has 1 aliphatic heterocycles. The molecule has 1 N–H and O–H groups in total. The summed E-state index contributed by atoms with van der Waals surface area (Å²) < 4.78 is 4.97. The molecule has 0 fully saturated rings. The van der Waals surface area contributed by atoms with Crippen molar-refractivity contribution >= 4 is 34.7 Å². The number of nitrogens with zero attached hydrogens (tertiary/aromatic N) is 2. The van der Waals surface area contributed by atoms with Gasteiger partial charge in [0.1, 0.15) is 0 Å². The Kier molecular flexibility index (Phi) is 6.12. The van der Waals surface area contributed by atoms with E-state index in [2.05, 4.69) is 0 Å². The number of rotatable bonds is 7. The van der Waals surface area contributed by atoms with Gasteiger partial charge in [0.2, 0.25) is 0 Å². The number of ether oxygens (including phenoxy) is 1. The molecule has 1 heterocycles. The predicted octanol–water partition coefficient (Wildman–Crippen LogP) is 4.57. The second-order valence-electron chi connectivity index (χ2n) is 8.08. The molecular formula is C25H21ClN2O6. The molecule has 8 nitrogen and oxygen atoms in total. The number of ketones is 1. The van der Waals surface area contributed by atoms with E-state index in [-0.39, 0.29) is 29.1 Å². The van der Waals surface area contributed by atoms with Crippen LogP contribution in [0.4, 0.5) is 11.4 Å². The van der Waals surface area contributed by atoms with E-state index in [9.17, 15) is 24.8 Å². The van der Waals surface area contributed by atoms with Gasteiger partial charge in [-0.1, -0.05) is 35.9 Å². The molecule has 1 aliphatic rings. The van der Waals surface area contributed by atoms with Crippen LogP contribution in [0, 0.1) is 17.0 Å². The third-order valence-electron chi connectivity index (χ3n) is 6.00. The number of Topliss-reactive ketones (excluding diaryl/α,β-unsaturated/α-hetero) is 1. The molecule has 0 saturated heterocycles. The largest absolute Gasteiger partial charge is 0.490 e. The van der Waals surface area contributed by atoms with E-state index in [4.69, 9.17) is 16.3 Å². The molecule has 0 saturated carbocycles. The molecule has 34 heavy (non-hydrogen) atoms. The number of nitro groups is 1. The van der Waals surface area contributed by atoms with Crippen LogP contribution in [0.1, 0.15) is 33.5 Å². The number of carbonyl (C=O) groups is 2. The van der Waals surface area contributed by atoms with Gasteiger partial charge >= 0.3 is 5.69 Å². The van der Waals surface area contributed by atoms with Crippen LogP contribution in [0.3, 0.4) is 0 Å². The first-order chi connectivity index (χ1) is 16.2. The van der Waals surface area contributed by atoms with Gasteiger partial charge in [0, 0.05) is 22.2 Å². The Balaban J connectivity index is 1.72. The van der Waals surface area contributed by atoms with Crippen molar-refractivity contribution in [1.29, 1.82) is 0 Å². The lowest BCUT2D eigenvalue weighted by Gasteiger charge is -2.23. The lowest BCUT2D eigenvalue weighted by atomic mass is 9.88. The number of halogens is 1. The Morgan fingerprint density at radius 1 is 1.18 bits per heavy atom. The third-order valence-corrected chi connectivity index (χ3v) is 6.23. The molecular weight excluding hydrogens is 460 g/mol. The summed E-state index contributed by atoms with van der Waals surface area (Å²) in [4.78, 5) is 38.7. The number of carbonyl (C=O) groups excluding carboxylic acids is 2. The Hall–Kier alpha value is -3.75. The Morgan fingerprint density at radius 3 is 2.59 bits per heavy atom. The average molecular weight is 481 g/mol. The van der Waals surface area contributed by atoms with Gasteiger partial charge in [-0.2, -0.15) is 0 Å². The lowest BCUT2D eigenvalue weighted by molar-refractivity contribution is -0.385. The molecule has 1 atom stereocenters. The summed E-state index contributed by atoms with van der Waals surface area (Å²) in [6.07, 6.45) is -0.604. The van der Waals surface area contributed by atoms with Gasteiger partial charge in [-0.3, -0.25) is 19.7 Å². The molecule has 1 unspecified atom stereocenters. The first kappa shape index (κ1) is 23.4. The number of methoxy groups -OCH3 is 1. The Labute approximate surface area is 200 Å². The van der Waals surface area contributed by atoms with Gasteiger partial charge < -0.3 is 14.7 Å². The minimum Gasteiger partial charge on any atom is -0.490 e. The van der Waals surface area contributed by atoms with Gasteiger partial charge in [0.25, 0.3) is 5.91 Å². The number of hydrogen-bond donors (Lipinski definition) is 1. The van der Waals surface area contributed by atoms with E-state index in [1.54, 1.807) is 12.1 Å². The molecule has 1 amide bonds. The summed E-state index contributed by atoms with van der Waals surface area (Å²) >= 11 is 6.16. The average Bonchev–Trinajstić information content (AvgIpc) is 3.01. The van der Waals surface area contributed by atoms with Crippen molar-refractivity contribution < 1.29 is 24.4 Å². The Morgan fingerprint density at radius 2 is 1.91 bits per heavy atom. The van der Waals surface area contributed by atoms with Gasteiger partial charge in [0.15, 0.2) is 17.1 Å². The molecule has 3 aromatic carbocycles. The molecule has 0 bridgehead atoms. The van der Waals surface area contributed by atoms with Gasteiger partial charge in [-0.25, -0.2) is 0 Å². The summed E-state index contributed by atoms with van der Waals surface area (Å²) in [5.41, 5.74) is -0.0451. The Bertz CT molecular complexity index is 1320. The maximum Gasteiger partial charge on any atom is 0.311 e. The van der Waals surface area contributed by atoms with Crippen molar-refractivity contribution in [3.63, 3.8) is 0 Å². The zero-order valence-corrected chi connectivity index (χ0v) is 19.2. The van der Waals surface area contributed by atoms with E-state index in [1.807, 2.05) is 31.2 Å². The highest BCUT2D eigenvalue weighted by Gasteiger charge is 2.51. The topological polar surface area (TPSA) is 110 Å². The van der Waals surface area contributed by atoms with Crippen LogP contribution in [-0.2, 0) is 16.9 Å². The first-order valence-electron chi connectivity index (χ1n) is 10.4. The van der Waals surface area contributed by atoms with Crippen LogP contribution in [0.15, 0.2) is 60.7 Å². The fourth-order valence-corrected chi connectivity index (χ4v) is 4.32. The smallest absolute Gasteiger partial charge is 0.311 e. The van der Waals surface area contributed by atoms with E-state index < -0.39 is 28.6 Å². The summed E-state index contributed by atoms with van der Waals surface area (Å²) in [6, 6.07) is 16.0. The zero-order chi connectivity index (χ0) is 24.6. The van der Waals surface area contributed by atoms with Crippen molar-refractivity contribution in [1.82, 2.24) is 0 Å². The van der Waals surface area contributed by atoms with Crippen LogP contribution in [0.5, 0.6) is 5.75 Å². The van der Waals surface area contributed by atoms with Gasteiger partial charge in [-0.15, -0.1) is 0 Å². The summed E-state index contributed by atoms with van der Waals surface area (Å²) in [7, 11) is 1.29. The fraction of sp³-hybridized carbons (Fsp3) is 0.200. The standard InChI is InChI=1S/C25H21ClN2O6/c1-15-5-3-4-6-17(15)14-27-20-9-8-18(26)12-19(20)25(31,24(27)30)13-22(29)16-7-10-23(34-2)21(11-16)28(32)33/h3-12,31H,13-14H2,1-2H3. The molecule has 3 aromatic rings. The molecule has 0 spiro atoms. The van der Waals surface area contributed by atoms with E-state index in [0.717, 1.165) is 17.2 Å². The van der Waals surface area contributed by atoms with Crippen LogP contribution >= 0.6 is 11.6 Å². The highest BCUT2D eigenvalue weighted by atomic mass is 35.5. The van der Waals surface area contributed by atoms with E-state index >= 15 is 0 Å². The number of aliphatic hydroxyl groups is 1. The van der Waals surface area contributed by atoms with Crippen molar-refractivity contribution in [2.75, 3.05) is 12.0 Å². The van der Waals surface area contributed by atoms with Crippen molar-refractivity contribution in [2.45, 2.75) is 25.5 Å². The lowest BCUT2D eigenvalue weighted by Crippen LogP contribution is -2.41. The molecule has 0 aliphatic carbocycles. The summed E-state index contributed by atoms with van der Waals surface area (Å²) in [6.45, 7) is 2.12. The zero-order valence-electron chi connectivity index (χ0n) is 18.4. The van der Waals surface area contributed by atoms with Crippen molar-refractivity contribution in [3.8, 4) is 5.75 Å². The highest BCUT2D eigenvalue weighted by Crippen LogP contribution is 2.45. The normalized spacial score (nSPS) is 16.9.